The first-order valence-electron chi connectivity index (χ1n) is 14.6. The van der Waals surface area contributed by atoms with Crippen molar-refractivity contribution in [3.05, 3.63) is 118 Å². The molecule has 1 N–H and O–H groups in total. The van der Waals surface area contributed by atoms with Crippen LogP contribution in [0, 0.1) is 6.92 Å². The standard InChI is InChI=1S/C35H37Cl2N3O5S/c1-24-11-19-31(20-12-24)46(43,44)40(28-15-17-30(18-16-28)45-29-9-7-6-8-10-29)23-33(41)39(25(2)34(42)38-35(3,4)5)22-26-13-14-27(36)21-32(26)37/h6-21,25H,22-23H2,1-5H3,(H,38,42)/t25-/m0/s1. The van der Waals surface area contributed by atoms with Crippen LogP contribution in [0.4, 0.5) is 5.69 Å². The number of amides is 2. The van der Waals surface area contributed by atoms with E-state index in [0.29, 0.717) is 27.1 Å². The zero-order chi connectivity index (χ0) is 33.6. The van der Waals surface area contributed by atoms with Gasteiger partial charge >= 0.3 is 0 Å². The lowest BCUT2D eigenvalue weighted by Gasteiger charge is -2.33. The third-order valence-corrected chi connectivity index (χ3v) is 9.39. The number of aryl methyl sites for hydroxylation is 1. The van der Waals surface area contributed by atoms with Gasteiger partial charge < -0.3 is 15.0 Å². The van der Waals surface area contributed by atoms with E-state index in [1.54, 1.807) is 73.7 Å². The molecule has 0 unspecified atom stereocenters. The van der Waals surface area contributed by atoms with Crippen molar-refractivity contribution in [2.24, 2.45) is 0 Å². The highest BCUT2D eigenvalue weighted by Crippen LogP contribution is 2.29. The first-order chi connectivity index (χ1) is 21.6. The number of rotatable bonds is 11. The van der Waals surface area contributed by atoms with Crippen molar-refractivity contribution in [3.63, 3.8) is 0 Å². The number of carbonyl (C=O) groups excluding carboxylic acids is 2. The van der Waals surface area contributed by atoms with Gasteiger partial charge in [0.15, 0.2) is 0 Å². The van der Waals surface area contributed by atoms with Crippen LogP contribution in [0.15, 0.2) is 102 Å². The quantitative estimate of drug-likeness (QED) is 0.176. The third kappa shape index (κ3) is 9.02. The van der Waals surface area contributed by atoms with Crippen molar-refractivity contribution < 1.29 is 22.7 Å². The number of sulfonamides is 1. The molecule has 2 amide bonds. The van der Waals surface area contributed by atoms with Gasteiger partial charge in [0.1, 0.15) is 24.1 Å². The minimum atomic E-state index is -4.23. The van der Waals surface area contributed by atoms with Crippen LogP contribution < -0.4 is 14.4 Å². The maximum absolute atomic E-state index is 14.2. The van der Waals surface area contributed by atoms with Gasteiger partial charge in [-0.25, -0.2) is 8.42 Å². The molecule has 0 fully saturated rings. The van der Waals surface area contributed by atoms with Crippen molar-refractivity contribution in [2.75, 3.05) is 10.8 Å². The van der Waals surface area contributed by atoms with Gasteiger partial charge in [-0.2, -0.15) is 0 Å². The highest BCUT2D eigenvalue weighted by molar-refractivity contribution is 7.92. The van der Waals surface area contributed by atoms with E-state index in [0.717, 1.165) is 9.87 Å². The maximum atomic E-state index is 14.2. The van der Waals surface area contributed by atoms with E-state index in [2.05, 4.69) is 5.32 Å². The normalized spacial score (nSPS) is 12.2. The first-order valence-corrected chi connectivity index (χ1v) is 16.8. The van der Waals surface area contributed by atoms with Crippen LogP contribution in [0.25, 0.3) is 0 Å². The van der Waals surface area contributed by atoms with Crippen molar-refractivity contribution in [1.29, 1.82) is 0 Å². The summed E-state index contributed by atoms with van der Waals surface area (Å²) in [4.78, 5) is 28.9. The van der Waals surface area contributed by atoms with Gasteiger partial charge in [0.25, 0.3) is 10.0 Å². The van der Waals surface area contributed by atoms with Crippen LogP contribution in [-0.2, 0) is 26.2 Å². The summed E-state index contributed by atoms with van der Waals surface area (Å²) >= 11 is 12.6. The van der Waals surface area contributed by atoms with E-state index in [4.69, 9.17) is 27.9 Å². The second-order valence-electron chi connectivity index (χ2n) is 11.9. The summed E-state index contributed by atoms with van der Waals surface area (Å²) in [7, 11) is -4.23. The molecule has 0 aromatic heterocycles. The minimum Gasteiger partial charge on any atom is -0.457 e. The van der Waals surface area contributed by atoms with Gasteiger partial charge in [-0.05, 0) is 101 Å². The first kappa shape index (κ1) is 34.8. The van der Waals surface area contributed by atoms with Gasteiger partial charge in [0, 0.05) is 22.1 Å². The summed E-state index contributed by atoms with van der Waals surface area (Å²) < 4.78 is 35.2. The highest BCUT2D eigenvalue weighted by Gasteiger charge is 2.33. The predicted molar refractivity (Wildman–Crippen MR) is 183 cm³/mol. The zero-order valence-corrected chi connectivity index (χ0v) is 28.7. The fraction of sp³-hybridized carbons (Fsp3) is 0.257. The summed E-state index contributed by atoms with van der Waals surface area (Å²) in [6, 6.07) is 25.9. The molecule has 0 bridgehead atoms. The Balaban J connectivity index is 1.73. The number of anilines is 1. The van der Waals surface area contributed by atoms with Crippen LogP contribution in [0.3, 0.4) is 0 Å². The average molecular weight is 683 g/mol. The van der Waals surface area contributed by atoms with Crippen LogP contribution in [0.5, 0.6) is 11.5 Å². The summed E-state index contributed by atoms with van der Waals surface area (Å²) in [5, 5.41) is 3.63. The van der Waals surface area contributed by atoms with Crippen LogP contribution in [-0.4, -0.2) is 43.3 Å². The number of carbonyl (C=O) groups is 2. The lowest BCUT2D eigenvalue weighted by molar-refractivity contribution is -0.140. The lowest BCUT2D eigenvalue weighted by Crippen LogP contribution is -2.54. The van der Waals surface area contributed by atoms with Gasteiger partial charge in [-0.1, -0.05) is 65.2 Å². The van der Waals surface area contributed by atoms with E-state index in [-0.39, 0.29) is 17.1 Å². The summed E-state index contributed by atoms with van der Waals surface area (Å²) in [5.41, 5.74) is 1.10. The molecule has 46 heavy (non-hydrogen) atoms. The van der Waals surface area contributed by atoms with E-state index in [1.165, 1.54) is 17.0 Å². The topological polar surface area (TPSA) is 96.0 Å². The molecule has 4 rings (SSSR count). The fourth-order valence-electron chi connectivity index (χ4n) is 4.56. The number of hydrogen-bond acceptors (Lipinski definition) is 5. The number of benzene rings is 4. The van der Waals surface area contributed by atoms with E-state index in [1.807, 2.05) is 45.9 Å². The molecule has 4 aromatic rings. The smallest absolute Gasteiger partial charge is 0.264 e. The average Bonchev–Trinajstić information content (AvgIpc) is 2.99. The van der Waals surface area contributed by atoms with Crippen LogP contribution in [0.1, 0.15) is 38.8 Å². The van der Waals surface area contributed by atoms with Gasteiger partial charge in [0.05, 0.1) is 10.6 Å². The largest absolute Gasteiger partial charge is 0.457 e. The van der Waals surface area contributed by atoms with Crippen molar-refractivity contribution in [1.82, 2.24) is 10.2 Å². The summed E-state index contributed by atoms with van der Waals surface area (Å²) in [6.45, 7) is 8.30. The molecular formula is C35H37Cl2N3O5S. The predicted octanol–water partition coefficient (Wildman–Crippen LogP) is 7.62. The molecule has 0 aliphatic carbocycles. The Bertz CT molecular complexity index is 1780. The molecule has 11 heteroatoms. The van der Waals surface area contributed by atoms with Crippen molar-refractivity contribution >= 4 is 50.7 Å². The Labute approximate surface area is 280 Å². The molecule has 0 heterocycles. The third-order valence-electron chi connectivity index (χ3n) is 7.01. The Kier molecular flexibility index (Phi) is 11.0. The Morgan fingerprint density at radius 3 is 2.07 bits per heavy atom. The minimum absolute atomic E-state index is 0.0151. The monoisotopic (exact) mass is 681 g/mol. The molecule has 0 aliphatic rings. The number of nitrogens with zero attached hydrogens (tertiary/aromatic N) is 2. The fourth-order valence-corrected chi connectivity index (χ4v) is 6.44. The van der Waals surface area contributed by atoms with Crippen molar-refractivity contribution in [3.8, 4) is 11.5 Å². The molecule has 0 aliphatic heterocycles. The SMILES string of the molecule is Cc1ccc(S(=O)(=O)N(CC(=O)N(Cc2ccc(Cl)cc2Cl)[C@@H](C)C(=O)NC(C)(C)C)c2ccc(Oc3ccccc3)cc2)cc1. The molecule has 0 saturated carbocycles. The number of nitrogens with one attached hydrogen (secondary N) is 1. The lowest BCUT2D eigenvalue weighted by atomic mass is 10.1. The van der Waals surface area contributed by atoms with Gasteiger partial charge in [-0.15, -0.1) is 0 Å². The Hall–Kier alpha value is -4.05. The second kappa shape index (κ2) is 14.6. The summed E-state index contributed by atoms with van der Waals surface area (Å²) in [5.74, 6) is 0.0955. The van der Waals surface area contributed by atoms with E-state index < -0.39 is 40.0 Å². The molecule has 0 radical (unpaired) electrons. The van der Waals surface area contributed by atoms with Gasteiger partial charge in [0.2, 0.25) is 11.8 Å². The molecule has 1 atom stereocenters. The molecule has 8 nitrogen and oxygen atoms in total. The molecular weight excluding hydrogens is 645 g/mol. The number of para-hydroxylation sites is 1. The number of hydrogen-bond donors (Lipinski definition) is 1. The van der Waals surface area contributed by atoms with Gasteiger partial charge in [-0.3, -0.25) is 13.9 Å². The zero-order valence-electron chi connectivity index (χ0n) is 26.3. The number of halogens is 2. The van der Waals surface area contributed by atoms with E-state index >= 15 is 0 Å². The summed E-state index contributed by atoms with van der Waals surface area (Å²) in [6.07, 6.45) is 0. The highest BCUT2D eigenvalue weighted by atomic mass is 35.5. The second-order valence-corrected chi connectivity index (χ2v) is 14.6. The van der Waals surface area contributed by atoms with Crippen LogP contribution >= 0.6 is 23.2 Å². The molecule has 0 spiro atoms. The molecule has 242 valence electrons. The van der Waals surface area contributed by atoms with E-state index in [9.17, 15) is 18.0 Å². The Morgan fingerprint density at radius 1 is 0.870 bits per heavy atom. The number of ether oxygens (including phenoxy) is 1. The van der Waals surface area contributed by atoms with Crippen LogP contribution in [0.2, 0.25) is 10.0 Å². The van der Waals surface area contributed by atoms with Crippen molar-refractivity contribution in [2.45, 2.75) is 57.6 Å². The molecule has 0 saturated heterocycles. The maximum Gasteiger partial charge on any atom is 0.264 e. The molecule has 4 aromatic carbocycles. The Morgan fingerprint density at radius 2 is 1.48 bits per heavy atom.